The molecule has 7 N–H and O–H groups in total. The summed E-state index contributed by atoms with van der Waals surface area (Å²) in [5.41, 5.74) is 9.96. The molecular formula is C14H30N5O3P. The van der Waals surface area contributed by atoms with Gasteiger partial charge in [0.25, 0.3) is 5.91 Å². The summed E-state index contributed by atoms with van der Waals surface area (Å²) in [6, 6.07) is -0.380. The molecule has 1 rings (SSSR count). The van der Waals surface area contributed by atoms with Crippen LogP contribution in [0.3, 0.4) is 0 Å². The zero-order chi connectivity index (χ0) is 17.6. The van der Waals surface area contributed by atoms with Crippen LogP contribution >= 0.6 is 7.95 Å². The quantitative estimate of drug-likeness (QED) is 0.296. The number of hydrogen-bond acceptors (Lipinski definition) is 5. The van der Waals surface area contributed by atoms with E-state index in [-0.39, 0.29) is 11.9 Å². The fourth-order valence-electron chi connectivity index (χ4n) is 2.49. The molecule has 8 nitrogen and oxygen atoms in total. The van der Waals surface area contributed by atoms with E-state index in [0.717, 1.165) is 12.8 Å². The minimum Gasteiger partial charge on any atom is -0.355 e. The van der Waals surface area contributed by atoms with Gasteiger partial charge in [0, 0.05) is 25.0 Å². The first-order valence-electron chi connectivity index (χ1n) is 8.16. The number of carbonyl (C=O) groups is 2. The lowest BCUT2D eigenvalue weighted by molar-refractivity contribution is -0.129. The summed E-state index contributed by atoms with van der Waals surface area (Å²) in [4.78, 5) is 24.4. The van der Waals surface area contributed by atoms with Crippen LogP contribution < -0.4 is 27.2 Å². The molecule has 0 saturated carbocycles. The smallest absolute Gasteiger partial charge is 0.255 e. The Kier molecular flexibility index (Phi) is 7.67. The second kappa shape index (κ2) is 8.78. The lowest BCUT2D eigenvalue weighted by atomic mass is 9.89. The zero-order valence-electron chi connectivity index (χ0n) is 14.1. The number of piperidine rings is 1. The monoisotopic (exact) mass is 347 g/mol. The van der Waals surface area contributed by atoms with Crippen LogP contribution in [0.25, 0.3) is 0 Å². The van der Waals surface area contributed by atoms with E-state index in [2.05, 4.69) is 15.7 Å². The van der Waals surface area contributed by atoms with Crippen molar-refractivity contribution in [1.82, 2.24) is 15.7 Å². The van der Waals surface area contributed by atoms with E-state index in [1.807, 2.05) is 6.92 Å². The molecule has 1 aliphatic heterocycles. The van der Waals surface area contributed by atoms with Crippen LogP contribution in [0, 0.1) is 5.92 Å². The highest BCUT2D eigenvalue weighted by molar-refractivity contribution is 7.44. The molecule has 0 aromatic heterocycles. The average molecular weight is 347 g/mol. The molecule has 0 aliphatic carbocycles. The standard InChI is InChI=1S/C14H30N5O3P/c1-4-7-18-13(21)14(16,9(2)10(3)15)19-23(22)11-6-5-8-17-12(11)20/h9-11,23H,4-8,15-16H2,1-3H3,(H,17,20)(H,18,21)(H,19,22)/t9?,10?,11-,14?/m0/s1. The maximum Gasteiger partial charge on any atom is 0.255 e. The Bertz CT molecular complexity index is 460. The van der Waals surface area contributed by atoms with E-state index in [4.69, 9.17) is 11.5 Å². The highest BCUT2D eigenvalue weighted by Gasteiger charge is 2.44. The fraction of sp³-hybridized carbons (Fsp3) is 0.857. The molecule has 134 valence electrons. The number of carbonyl (C=O) groups excluding carboxylic acids is 2. The minimum atomic E-state index is -2.60. The first-order chi connectivity index (χ1) is 10.7. The van der Waals surface area contributed by atoms with Gasteiger partial charge in [-0.3, -0.25) is 9.59 Å². The lowest BCUT2D eigenvalue weighted by Gasteiger charge is -2.38. The van der Waals surface area contributed by atoms with Crippen LogP contribution in [-0.2, 0) is 14.2 Å². The predicted octanol–water partition coefficient (Wildman–Crippen LogP) is -0.506. The molecule has 1 saturated heterocycles. The van der Waals surface area contributed by atoms with Gasteiger partial charge < -0.3 is 26.7 Å². The molecule has 1 fully saturated rings. The van der Waals surface area contributed by atoms with Crippen LogP contribution in [0.5, 0.6) is 0 Å². The van der Waals surface area contributed by atoms with Gasteiger partial charge in [0.2, 0.25) is 5.91 Å². The SMILES string of the molecule is CCCNC(=O)C(N)(N[PH](=O)[C@H]1CCCNC1=O)C(C)C(C)N. The van der Waals surface area contributed by atoms with E-state index in [1.165, 1.54) is 0 Å². The van der Waals surface area contributed by atoms with E-state index in [1.54, 1.807) is 13.8 Å². The summed E-state index contributed by atoms with van der Waals surface area (Å²) >= 11 is 0. The number of amides is 2. The summed E-state index contributed by atoms with van der Waals surface area (Å²) < 4.78 is 12.6. The maximum atomic E-state index is 12.6. The van der Waals surface area contributed by atoms with Crippen LogP contribution in [0.1, 0.15) is 40.0 Å². The molecule has 5 atom stereocenters. The van der Waals surface area contributed by atoms with Gasteiger partial charge in [-0.1, -0.05) is 13.8 Å². The van der Waals surface area contributed by atoms with Gasteiger partial charge in [-0.05, 0) is 26.2 Å². The third-order valence-electron chi connectivity index (χ3n) is 4.35. The summed E-state index contributed by atoms with van der Waals surface area (Å²) in [7, 11) is -2.60. The Labute approximate surface area is 138 Å². The Morgan fingerprint density at radius 1 is 1.52 bits per heavy atom. The van der Waals surface area contributed by atoms with Crippen molar-refractivity contribution >= 4 is 19.8 Å². The number of rotatable bonds is 8. The van der Waals surface area contributed by atoms with Crippen LogP contribution in [0.15, 0.2) is 0 Å². The molecule has 9 heteroatoms. The largest absolute Gasteiger partial charge is 0.355 e. The van der Waals surface area contributed by atoms with Gasteiger partial charge in [0.05, 0.1) is 0 Å². The summed E-state index contributed by atoms with van der Waals surface area (Å²) in [5.74, 6) is -1.16. The topological polar surface area (TPSA) is 139 Å². The molecule has 4 unspecified atom stereocenters. The maximum absolute atomic E-state index is 12.6. The Balaban J connectivity index is 2.93. The molecule has 0 bridgehead atoms. The predicted molar refractivity (Wildman–Crippen MR) is 91.2 cm³/mol. The highest BCUT2D eigenvalue weighted by Crippen LogP contribution is 2.33. The Hall–Kier alpha value is -0.950. The second-order valence-electron chi connectivity index (χ2n) is 6.25. The van der Waals surface area contributed by atoms with Crippen LogP contribution in [-0.4, -0.2) is 42.3 Å². The summed E-state index contributed by atoms with van der Waals surface area (Å²) in [6.07, 6.45) is 2.04. The molecule has 0 aromatic rings. The van der Waals surface area contributed by atoms with E-state index in [0.29, 0.717) is 19.5 Å². The van der Waals surface area contributed by atoms with Crippen molar-refractivity contribution in [2.45, 2.75) is 57.4 Å². The van der Waals surface area contributed by atoms with Crippen molar-refractivity contribution in [3.05, 3.63) is 0 Å². The van der Waals surface area contributed by atoms with Crippen molar-refractivity contribution in [3.63, 3.8) is 0 Å². The molecule has 2 amide bonds. The summed E-state index contributed by atoms with van der Waals surface area (Å²) in [5, 5.41) is 8.17. The molecule has 1 aliphatic rings. The van der Waals surface area contributed by atoms with E-state index < -0.39 is 31.1 Å². The normalized spacial score (nSPS) is 24.9. The second-order valence-corrected chi connectivity index (χ2v) is 7.92. The van der Waals surface area contributed by atoms with Gasteiger partial charge in [-0.15, -0.1) is 0 Å². The third kappa shape index (κ3) is 5.01. The first kappa shape index (κ1) is 20.1. The van der Waals surface area contributed by atoms with Crippen molar-refractivity contribution in [2.24, 2.45) is 17.4 Å². The van der Waals surface area contributed by atoms with Gasteiger partial charge in [-0.25, -0.2) is 5.09 Å². The molecule has 0 aromatic carbocycles. The first-order valence-corrected chi connectivity index (χ1v) is 9.65. The zero-order valence-corrected chi connectivity index (χ0v) is 15.1. The lowest BCUT2D eigenvalue weighted by Crippen LogP contribution is -2.68. The van der Waals surface area contributed by atoms with Crippen molar-refractivity contribution in [3.8, 4) is 0 Å². The number of nitrogens with two attached hydrogens (primary N) is 2. The summed E-state index contributed by atoms with van der Waals surface area (Å²) in [6.45, 7) is 6.46. The van der Waals surface area contributed by atoms with E-state index >= 15 is 0 Å². The van der Waals surface area contributed by atoms with E-state index in [9.17, 15) is 14.2 Å². The number of nitrogens with one attached hydrogen (secondary N) is 3. The van der Waals surface area contributed by atoms with Gasteiger partial charge in [0.15, 0.2) is 5.66 Å². The van der Waals surface area contributed by atoms with Gasteiger partial charge >= 0.3 is 0 Å². The van der Waals surface area contributed by atoms with Crippen LogP contribution in [0.2, 0.25) is 0 Å². The van der Waals surface area contributed by atoms with Gasteiger partial charge in [-0.2, -0.15) is 0 Å². The molecular weight excluding hydrogens is 317 g/mol. The van der Waals surface area contributed by atoms with Crippen molar-refractivity contribution in [1.29, 1.82) is 0 Å². The average Bonchev–Trinajstić information content (AvgIpc) is 2.51. The number of hydrogen-bond donors (Lipinski definition) is 5. The highest BCUT2D eigenvalue weighted by atomic mass is 31.1. The van der Waals surface area contributed by atoms with Crippen molar-refractivity contribution < 1.29 is 14.2 Å². The van der Waals surface area contributed by atoms with Crippen LogP contribution in [0.4, 0.5) is 0 Å². The van der Waals surface area contributed by atoms with Crippen molar-refractivity contribution in [2.75, 3.05) is 13.1 Å². The minimum absolute atomic E-state index is 0.252. The van der Waals surface area contributed by atoms with Gasteiger partial charge in [0.1, 0.15) is 13.6 Å². The Morgan fingerprint density at radius 2 is 2.17 bits per heavy atom. The molecule has 1 heterocycles. The molecule has 0 spiro atoms. The molecule has 23 heavy (non-hydrogen) atoms. The third-order valence-corrected chi connectivity index (χ3v) is 6.19. The Morgan fingerprint density at radius 3 is 2.70 bits per heavy atom. The fourth-order valence-corrected chi connectivity index (χ4v) is 4.22. The molecule has 0 radical (unpaired) electrons.